The average molecular weight is 152 g/mol. The fraction of sp³-hybridized carbons (Fsp3) is 1.00. The Bertz CT molecular complexity index is 90.2. The van der Waals surface area contributed by atoms with E-state index in [1.807, 2.05) is 6.92 Å². The van der Waals surface area contributed by atoms with Crippen molar-refractivity contribution in [3.63, 3.8) is 0 Å². The van der Waals surface area contributed by atoms with Crippen LogP contribution in [0.5, 0.6) is 0 Å². The Hall–Kier alpha value is 0.150. The van der Waals surface area contributed by atoms with Crippen LogP contribution in [0.2, 0.25) is 0 Å². The van der Waals surface area contributed by atoms with E-state index in [1.165, 1.54) is 0 Å². The van der Waals surface area contributed by atoms with Crippen LogP contribution in [0.4, 0.5) is 0 Å². The van der Waals surface area contributed by atoms with Gasteiger partial charge in [-0.05, 0) is 5.92 Å². The van der Waals surface area contributed by atoms with Gasteiger partial charge in [-0.15, -0.1) is 0 Å². The molecule has 2 N–H and O–H groups in total. The van der Waals surface area contributed by atoms with Gasteiger partial charge in [-0.2, -0.15) is 0 Å². The smallest absolute Gasteiger partial charge is 0.189 e. The Balaban J connectivity index is 3.43. The van der Waals surface area contributed by atoms with Crippen LogP contribution in [0.25, 0.3) is 0 Å². The summed E-state index contributed by atoms with van der Waals surface area (Å²) in [5.41, 5.74) is 0. The highest BCUT2D eigenvalue weighted by Crippen LogP contribution is 2.19. The normalized spacial score (nSPS) is 17.2. The minimum atomic E-state index is -2.37. The van der Waals surface area contributed by atoms with E-state index in [0.29, 0.717) is 0 Å². The lowest BCUT2D eigenvalue weighted by Crippen LogP contribution is -2.06. The Morgan fingerprint density at radius 3 is 2.33 bits per heavy atom. The number of aliphatic hydroxyl groups is 1. The molecule has 0 bridgehead atoms. The van der Waals surface area contributed by atoms with Crippen LogP contribution >= 0.6 is 8.03 Å². The van der Waals surface area contributed by atoms with E-state index in [0.717, 1.165) is 6.42 Å². The first-order valence-electron chi connectivity index (χ1n) is 3.03. The van der Waals surface area contributed by atoms with E-state index in [1.54, 1.807) is 0 Å². The van der Waals surface area contributed by atoms with Crippen molar-refractivity contribution in [2.45, 2.75) is 13.3 Å². The van der Waals surface area contributed by atoms with Gasteiger partial charge in [0.1, 0.15) is 0 Å². The van der Waals surface area contributed by atoms with Crippen LogP contribution in [0.3, 0.4) is 0 Å². The lowest BCUT2D eigenvalue weighted by molar-refractivity contribution is 0.234. The Kier molecular flexibility index (Phi) is 5.06. The fourth-order valence-corrected chi connectivity index (χ4v) is 1.50. The lowest BCUT2D eigenvalue weighted by Gasteiger charge is -2.06. The van der Waals surface area contributed by atoms with E-state index in [4.69, 9.17) is 10.00 Å². The highest BCUT2D eigenvalue weighted by atomic mass is 31.1. The quantitative estimate of drug-likeness (QED) is 0.576. The van der Waals surface area contributed by atoms with Crippen molar-refractivity contribution in [1.29, 1.82) is 0 Å². The molecule has 0 fully saturated rings. The molecular weight excluding hydrogens is 139 g/mol. The molecule has 0 aromatic heterocycles. The summed E-state index contributed by atoms with van der Waals surface area (Å²) in [6.45, 7) is 1.92. The van der Waals surface area contributed by atoms with E-state index < -0.39 is 8.03 Å². The van der Waals surface area contributed by atoms with Crippen molar-refractivity contribution in [3.05, 3.63) is 0 Å². The molecule has 0 aliphatic carbocycles. The van der Waals surface area contributed by atoms with Crippen molar-refractivity contribution >= 4 is 8.03 Å². The number of aliphatic hydroxyl groups excluding tert-OH is 1. The summed E-state index contributed by atoms with van der Waals surface area (Å²) < 4.78 is 10.2. The van der Waals surface area contributed by atoms with Crippen molar-refractivity contribution in [2.24, 2.45) is 5.92 Å². The molecule has 0 aromatic carbocycles. The molecule has 0 spiro atoms. The minimum absolute atomic E-state index is 0.0152. The van der Waals surface area contributed by atoms with Crippen LogP contribution in [-0.4, -0.2) is 22.8 Å². The zero-order valence-electron chi connectivity index (χ0n) is 5.50. The predicted molar refractivity (Wildman–Crippen MR) is 37.0 cm³/mol. The Labute approximate surface area is 55.6 Å². The second-order valence-corrected chi connectivity index (χ2v) is 3.25. The molecule has 0 saturated heterocycles. The maximum Gasteiger partial charge on any atom is 0.189 e. The molecule has 56 valence electrons. The zero-order valence-corrected chi connectivity index (χ0v) is 6.50. The van der Waals surface area contributed by atoms with Crippen molar-refractivity contribution in [3.8, 4) is 0 Å². The fourth-order valence-electron chi connectivity index (χ4n) is 0.585. The monoisotopic (exact) mass is 152 g/mol. The first-order chi connectivity index (χ1) is 4.20. The van der Waals surface area contributed by atoms with Gasteiger partial charge in [0.25, 0.3) is 0 Å². The summed E-state index contributed by atoms with van der Waals surface area (Å²) >= 11 is 0. The summed E-state index contributed by atoms with van der Waals surface area (Å²) in [6, 6.07) is 0. The molecule has 0 amide bonds. The van der Waals surface area contributed by atoms with Gasteiger partial charge >= 0.3 is 0 Å². The number of hydrogen-bond donors (Lipinski definition) is 2. The highest BCUT2D eigenvalue weighted by Gasteiger charge is 2.06. The molecule has 0 aliphatic heterocycles. The van der Waals surface area contributed by atoms with Crippen molar-refractivity contribution < 1.29 is 14.6 Å². The van der Waals surface area contributed by atoms with E-state index in [-0.39, 0.29) is 18.7 Å². The molecule has 0 saturated carbocycles. The zero-order chi connectivity index (χ0) is 7.28. The average Bonchev–Trinajstić information content (AvgIpc) is 1.82. The molecule has 3 nitrogen and oxygen atoms in total. The molecule has 2 atom stereocenters. The van der Waals surface area contributed by atoms with Crippen LogP contribution in [0.15, 0.2) is 0 Å². The maximum absolute atomic E-state index is 10.2. The second-order valence-electron chi connectivity index (χ2n) is 2.05. The van der Waals surface area contributed by atoms with Gasteiger partial charge < -0.3 is 10.00 Å². The second kappa shape index (κ2) is 4.98. The predicted octanol–water partition coefficient (Wildman–Crippen LogP) is 0.472. The molecule has 4 heteroatoms. The third kappa shape index (κ3) is 4.64. The van der Waals surface area contributed by atoms with Gasteiger partial charge in [-0.3, -0.25) is 4.57 Å². The molecule has 0 radical (unpaired) electrons. The third-order valence-corrected chi connectivity index (χ3v) is 2.23. The molecule has 0 heterocycles. The molecule has 0 aromatic rings. The van der Waals surface area contributed by atoms with Gasteiger partial charge in [-0.25, -0.2) is 0 Å². The van der Waals surface area contributed by atoms with Crippen LogP contribution < -0.4 is 0 Å². The van der Waals surface area contributed by atoms with Gasteiger partial charge in [0.2, 0.25) is 0 Å². The lowest BCUT2D eigenvalue weighted by atomic mass is 10.1. The molecule has 0 rings (SSSR count). The van der Waals surface area contributed by atoms with E-state index >= 15 is 0 Å². The summed E-state index contributed by atoms with van der Waals surface area (Å²) in [4.78, 5) is 8.42. The maximum atomic E-state index is 10.2. The summed E-state index contributed by atoms with van der Waals surface area (Å²) in [6.07, 6.45) is 1.03. The molecule has 9 heavy (non-hydrogen) atoms. The summed E-state index contributed by atoms with van der Waals surface area (Å²) in [5, 5.41) is 8.54. The van der Waals surface area contributed by atoms with Gasteiger partial charge in [0.05, 0.1) is 0 Å². The van der Waals surface area contributed by atoms with Crippen molar-refractivity contribution in [2.75, 3.05) is 12.8 Å². The Morgan fingerprint density at radius 2 is 2.22 bits per heavy atom. The molecule has 2 unspecified atom stereocenters. The van der Waals surface area contributed by atoms with Gasteiger partial charge in [-0.1, -0.05) is 13.3 Å². The van der Waals surface area contributed by atoms with E-state index in [9.17, 15) is 4.57 Å². The van der Waals surface area contributed by atoms with Gasteiger partial charge in [0.15, 0.2) is 8.03 Å². The molecule has 0 aliphatic rings. The number of hydrogen-bond acceptors (Lipinski definition) is 2. The summed E-state index contributed by atoms with van der Waals surface area (Å²) in [7, 11) is -2.37. The standard InChI is InChI=1S/C5H13O3P/c1-2-5(3-6)4-9(7)8/h5-6,9H,2-4H2,1H3,(H,7,8). The van der Waals surface area contributed by atoms with Crippen molar-refractivity contribution in [1.82, 2.24) is 0 Å². The topological polar surface area (TPSA) is 57.5 Å². The SMILES string of the molecule is CCC(CO)C[PH](=O)O. The van der Waals surface area contributed by atoms with Crippen LogP contribution in [0.1, 0.15) is 13.3 Å². The first kappa shape index (κ1) is 9.15. The Morgan fingerprint density at radius 1 is 1.67 bits per heavy atom. The summed E-state index contributed by atoms with van der Waals surface area (Å²) in [5.74, 6) is 0.0152. The van der Waals surface area contributed by atoms with Crippen LogP contribution in [-0.2, 0) is 4.57 Å². The largest absolute Gasteiger partial charge is 0.396 e. The van der Waals surface area contributed by atoms with Crippen LogP contribution in [0, 0.1) is 5.92 Å². The third-order valence-electron chi connectivity index (χ3n) is 1.30. The first-order valence-corrected chi connectivity index (χ1v) is 4.59. The minimum Gasteiger partial charge on any atom is -0.396 e. The molecular formula is C5H13O3P. The highest BCUT2D eigenvalue weighted by molar-refractivity contribution is 7.38. The number of rotatable bonds is 4. The van der Waals surface area contributed by atoms with E-state index in [2.05, 4.69) is 0 Å². The van der Waals surface area contributed by atoms with Gasteiger partial charge in [0, 0.05) is 12.8 Å².